The molecule has 1 aromatic heterocycles. The molecule has 0 radical (unpaired) electrons. The van der Waals surface area contributed by atoms with E-state index in [0.29, 0.717) is 21.8 Å². The van der Waals surface area contributed by atoms with Gasteiger partial charge in [-0.15, -0.1) is 0 Å². The van der Waals surface area contributed by atoms with Crippen LogP contribution in [0.15, 0.2) is 64.2 Å². The molecule has 2 aliphatic heterocycles. The van der Waals surface area contributed by atoms with Gasteiger partial charge in [0.05, 0.1) is 12.1 Å². The molecule has 1 N–H and O–H groups in total. The van der Waals surface area contributed by atoms with Crippen molar-refractivity contribution in [3.05, 3.63) is 76.7 Å². The van der Waals surface area contributed by atoms with Crippen molar-refractivity contribution in [1.29, 1.82) is 5.41 Å². The maximum atomic E-state index is 14.3. The van der Waals surface area contributed by atoms with Gasteiger partial charge in [-0.25, -0.2) is 4.39 Å². The number of halogens is 4. The van der Waals surface area contributed by atoms with E-state index in [1.165, 1.54) is 12.1 Å². The molecule has 2 aliphatic rings. The molecule has 2 aromatic carbocycles. The van der Waals surface area contributed by atoms with E-state index in [1.807, 2.05) is 22.8 Å². The second-order valence-electron chi connectivity index (χ2n) is 7.62. The Kier molecular flexibility index (Phi) is 5.16. The van der Waals surface area contributed by atoms with E-state index >= 15 is 0 Å². The standard InChI is InChI=1S/C23H15F4N5OS/c1-12-15(10-16-19(28)32-22(29-20(16)33)34-21(30-32)23(25,26)27)14-7-3-5-9-18(14)31(12)11-13-6-2-4-8-17(13)24/h2-10,28H,11H2,1H3/b16-10-,28-19?. The first-order valence-electron chi connectivity index (χ1n) is 10.0. The molecule has 3 aromatic rings. The Morgan fingerprint density at radius 2 is 1.82 bits per heavy atom. The Labute approximate surface area is 194 Å². The monoisotopic (exact) mass is 485 g/mol. The van der Waals surface area contributed by atoms with Gasteiger partial charge in [0.15, 0.2) is 5.84 Å². The fourth-order valence-electron chi connectivity index (χ4n) is 3.89. The third kappa shape index (κ3) is 3.61. The number of carbonyl (C=O) groups excluding carboxylic acids is 1. The number of amides is 1. The number of rotatable bonds is 3. The average molecular weight is 485 g/mol. The second-order valence-corrected chi connectivity index (χ2v) is 8.57. The molecular formula is C23H15F4N5OS. The molecule has 0 saturated heterocycles. The minimum atomic E-state index is -4.71. The van der Waals surface area contributed by atoms with E-state index in [0.717, 1.165) is 10.9 Å². The summed E-state index contributed by atoms with van der Waals surface area (Å²) in [5.74, 6) is -1.67. The number of carbonyl (C=O) groups is 1. The lowest BCUT2D eigenvalue weighted by Gasteiger charge is -2.20. The number of fused-ring (bicyclic) bond motifs is 2. The molecule has 1 amide bonds. The van der Waals surface area contributed by atoms with Crippen LogP contribution in [-0.4, -0.2) is 37.7 Å². The molecule has 5 rings (SSSR count). The Hall–Kier alpha value is -3.73. The van der Waals surface area contributed by atoms with Crippen LogP contribution in [0.5, 0.6) is 0 Å². The lowest BCUT2D eigenvalue weighted by Crippen LogP contribution is -2.35. The minimum Gasteiger partial charge on any atom is -0.340 e. The number of nitrogens with zero attached hydrogens (tertiary/aromatic N) is 4. The molecular weight excluding hydrogens is 470 g/mol. The third-order valence-electron chi connectivity index (χ3n) is 5.55. The number of hydrogen-bond donors (Lipinski definition) is 1. The van der Waals surface area contributed by atoms with Gasteiger partial charge in [-0.3, -0.25) is 10.2 Å². The summed E-state index contributed by atoms with van der Waals surface area (Å²) < 4.78 is 55.4. The van der Waals surface area contributed by atoms with Gasteiger partial charge in [0.1, 0.15) is 5.82 Å². The zero-order valence-corrected chi connectivity index (χ0v) is 18.3. The second kappa shape index (κ2) is 7.94. The predicted octanol–water partition coefficient (Wildman–Crippen LogP) is 5.32. The molecule has 3 heterocycles. The molecule has 0 aliphatic carbocycles. The number of para-hydroxylation sites is 1. The van der Waals surface area contributed by atoms with Crippen LogP contribution in [0.1, 0.15) is 16.8 Å². The highest BCUT2D eigenvalue weighted by Crippen LogP contribution is 2.36. The van der Waals surface area contributed by atoms with Crippen LogP contribution in [0.25, 0.3) is 17.0 Å². The quantitative estimate of drug-likeness (QED) is 0.403. The Bertz CT molecular complexity index is 1470. The zero-order chi connectivity index (χ0) is 24.2. The number of nitrogens with one attached hydrogen (secondary N) is 1. The van der Waals surface area contributed by atoms with Gasteiger partial charge in [0.25, 0.3) is 5.91 Å². The lowest BCUT2D eigenvalue weighted by atomic mass is 10.1. The average Bonchev–Trinajstić information content (AvgIpc) is 3.33. The molecule has 34 heavy (non-hydrogen) atoms. The van der Waals surface area contributed by atoms with Crippen molar-refractivity contribution in [2.75, 3.05) is 0 Å². The lowest BCUT2D eigenvalue weighted by molar-refractivity contribution is -0.114. The topological polar surface area (TPSA) is 73.8 Å². The van der Waals surface area contributed by atoms with Crippen molar-refractivity contribution in [3.8, 4) is 0 Å². The SMILES string of the molecule is Cc1c(/C=C2/C(=N)N3N=C(C(F)(F)F)SC3=NC2=O)c2ccccc2n1Cc1ccccc1F. The molecule has 0 bridgehead atoms. The molecule has 0 spiro atoms. The first kappa shape index (κ1) is 22.1. The smallest absolute Gasteiger partial charge is 0.340 e. The summed E-state index contributed by atoms with van der Waals surface area (Å²) in [6, 6.07) is 13.7. The first-order valence-corrected chi connectivity index (χ1v) is 10.9. The maximum absolute atomic E-state index is 14.3. The molecule has 172 valence electrons. The van der Waals surface area contributed by atoms with Crippen molar-refractivity contribution in [1.82, 2.24) is 9.58 Å². The van der Waals surface area contributed by atoms with E-state index in [4.69, 9.17) is 5.41 Å². The first-order chi connectivity index (χ1) is 16.1. The fourth-order valence-corrected chi connectivity index (χ4v) is 4.65. The van der Waals surface area contributed by atoms with Crippen LogP contribution < -0.4 is 0 Å². The van der Waals surface area contributed by atoms with E-state index < -0.39 is 23.0 Å². The van der Waals surface area contributed by atoms with Crippen LogP contribution in [-0.2, 0) is 11.3 Å². The molecule has 0 saturated carbocycles. The van der Waals surface area contributed by atoms with Crippen molar-refractivity contribution in [3.63, 3.8) is 0 Å². The van der Waals surface area contributed by atoms with E-state index in [-0.39, 0.29) is 34.9 Å². The Morgan fingerprint density at radius 3 is 2.56 bits per heavy atom. The van der Waals surface area contributed by atoms with Crippen molar-refractivity contribution in [2.24, 2.45) is 10.1 Å². The summed E-state index contributed by atoms with van der Waals surface area (Å²) in [6.07, 6.45) is -3.28. The summed E-state index contributed by atoms with van der Waals surface area (Å²) in [7, 11) is 0. The summed E-state index contributed by atoms with van der Waals surface area (Å²) >= 11 is 0.202. The maximum Gasteiger partial charge on any atom is 0.441 e. The van der Waals surface area contributed by atoms with Gasteiger partial charge in [-0.2, -0.15) is 28.3 Å². The number of benzene rings is 2. The Balaban J connectivity index is 1.61. The van der Waals surface area contributed by atoms with E-state index in [1.54, 1.807) is 31.2 Å². The highest BCUT2D eigenvalue weighted by Gasteiger charge is 2.46. The summed E-state index contributed by atoms with van der Waals surface area (Å²) in [6.45, 7) is 2.03. The van der Waals surface area contributed by atoms with Gasteiger partial charge >= 0.3 is 6.18 Å². The largest absolute Gasteiger partial charge is 0.441 e. The van der Waals surface area contributed by atoms with E-state index in [9.17, 15) is 22.4 Å². The van der Waals surface area contributed by atoms with Crippen LogP contribution in [0.3, 0.4) is 0 Å². The van der Waals surface area contributed by atoms with Gasteiger partial charge in [0, 0.05) is 27.7 Å². The van der Waals surface area contributed by atoms with Gasteiger partial charge in [-0.05, 0) is 36.9 Å². The number of aromatic nitrogens is 1. The summed E-state index contributed by atoms with van der Waals surface area (Å²) in [5, 5.41) is 11.8. The highest BCUT2D eigenvalue weighted by atomic mass is 32.2. The highest BCUT2D eigenvalue weighted by molar-refractivity contribution is 8.27. The van der Waals surface area contributed by atoms with Crippen molar-refractivity contribution >= 4 is 50.7 Å². The summed E-state index contributed by atoms with van der Waals surface area (Å²) in [4.78, 5) is 16.4. The number of amidine groups is 2. The van der Waals surface area contributed by atoms with Crippen molar-refractivity contribution < 1.29 is 22.4 Å². The molecule has 0 unspecified atom stereocenters. The zero-order valence-electron chi connectivity index (χ0n) is 17.5. The number of alkyl halides is 3. The Morgan fingerprint density at radius 1 is 1.12 bits per heavy atom. The normalized spacial score (nSPS) is 17.4. The summed E-state index contributed by atoms with van der Waals surface area (Å²) in [5.41, 5.74) is 2.36. The molecule has 6 nitrogen and oxygen atoms in total. The van der Waals surface area contributed by atoms with Crippen LogP contribution in [0.2, 0.25) is 0 Å². The predicted molar refractivity (Wildman–Crippen MR) is 123 cm³/mol. The van der Waals surface area contributed by atoms with Gasteiger partial charge in [-0.1, -0.05) is 36.4 Å². The van der Waals surface area contributed by atoms with E-state index in [2.05, 4.69) is 10.1 Å². The number of aliphatic imine (C=N–C) groups is 1. The number of hydrazone groups is 1. The minimum absolute atomic E-state index is 0.187. The van der Waals surface area contributed by atoms with Gasteiger partial charge in [0.2, 0.25) is 10.2 Å². The van der Waals surface area contributed by atoms with Crippen LogP contribution in [0, 0.1) is 18.2 Å². The number of thioether (sulfide) groups is 1. The molecule has 0 atom stereocenters. The third-order valence-corrected chi connectivity index (χ3v) is 6.50. The van der Waals surface area contributed by atoms with Crippen molar-refractivity contribution in [2.45, 2.75) is 19.6 Å². The van der Waals surface area contributed by atoms with Crippen LogP contribution in [0.4, 0.5) is 17.6 Å². The number of hydrogen-bond acceptors (Lipinski definition) is 4. The molecule has 0 fully saturated rings. The van der Waals surface area contributed by atoms with Gasteiger partial charge < -0.3 is 4.57 Å². The fraction of sp³-hybridized carbons (Fsp3) is 0.130. The van der Waals surface area contributed by atoms with Crippen LogP contribution >= 0.6 is 11.8 Å². The molecule has 11 heteroatoms.